The summed E-state index contributed by atoms with van der Waals surface area (Å²) in [4.78, 5) is 15.7. The van der Waals surface area contributed by atoms with E-state index in [9.17, 15) is 19.4 Å². The second-order valence-electron chi connectivity index (χ2n) is 10.8. The van der Waals surface area contributed by atoms with Crippen molar-refractivity contribution in [3.05, 3.63) is 76.2 Å². The molecule has 0 bridgehead atoms. The number of carboxylic acids is 1. The summed E-state index contributed by atoms with van der Waals surface area (Å²) < 4.78 is 26.4. The molecular formula is C30H30FNO5. The SMILES string of the molecule is Cc1cc(OCCC2(O)CC2)cc(C)c1-c1ccc(F)c(COc2cc3c(cn2)[C@H]2[C@@H](C3)[C@@H]2C(=O)O)c1. The number of benzene rings is 2. The number of pyridine rings is 1. The van der Waals surface area contributed by atoms with E-state index in [-0.39, 0.29) is 30.2 Å². The minimum absolute atomic E-state index is 0.0399. The van der Waals surface area contributed by atoms with E-state index in [0.29, 0.717) is 24.5 Å². The van der Waals surface area contributed by atoms with Crippen molar-refractivity contribution in [2.75, 3.05) is 6.61 Å². The number of aromatic nitrogens is 1. The van der Waals surface area contributed by atoms with E-state index in [1.807, 2.05) is 38.1 Å². The minimum Gasteiger partial charge on any atom is -0.493 e. The highest BCUT2D eigenvalue weighted by Crippen LogP contribution is 2.61. The van der Waals surface area contributed by atoms with Gasteiger partial charge in [0, 0.05) is 30.2 Å². The van der Waals surface area contributed by atoms with Crippen LogP contribution in [0.25, 0.3) is 11.1 Å². The van der Waals surface area contributed by atoms with Gasteiger partial charge < -0.3 is 19.7 Å². The summed E-state index contributed by atoms with van der Waals surface area (Å²) in [6.45, 7) is 4.54. The summed E-state index contributed by atoms with van der Waals surface area (Å²) in [5.41, 5.74) is 5.95. The Labute approximate surface area is 215 Å². The Bertz CT molecular complexity index is 1380. The average molecular weight is 504 g/mol. The van der Waals surface area contributed by atoms with Crippen LogP contribution in [0.1, 0.15) is 53.0 Å². The predicted molar refractivity (Wildman–Crippen MR) is 135 cm³/mol. The van der Waals surface area contributed by atoms with Gasteiger partial charge in [-0.05, 0) is 96.7 Å². The average Bonchev–Trinajstić information content (AvgIpc) is 3.73. The fourth-order valence-electron chi connectivity index (χ4n) is 5.89. The number of carboxylic acid groups (broad SMARTS) is 1. The minimum atomic E-state index is -0.739. The molecule has 2 aromatic carbocycles. The molecule has 3 aliphatic rings. The number of aryl methyl sites for hydroxylation is 2. The first kappa shape index (κ1) is 23.9. The van der Waals surface area contributed by atoms with Gasteiger partial charge in [-0.1, -0.05) is 6.07 Å². The molecule has 0 spiro atoms. The lowest BCUT2D eigenvalue weighted by atomic mass is 9.94. The quantitative estimate of drug-likeness (QED) is 0.409. The normalized spacial score (nSPS) is 22.2. The molecule has 6 nitrogen and oxygen atoms in total. The largest absolute Gasteiger partial charge is 0.493 e. The lowest BCUT2D eigenvalue weighted by Crippen LogP contribution is -2.12. The maximum Gasteiger partial charge on any atom is 0.307 e. The predicted octanol–water partition coefficient (Wildman–Crippen LogP) is 5.35. The second-order valence-corrected chi connectivity index (χ2v) is 10.8. The van der Waals surface area contributed by atoms with Crippen molar-refractivity contribution >= 4 is 5.97 Å². The first-order chi connectivity index (χ1) is 17.7. The molecule has 192 valence electrons. The van der Waals surface area contributed by atoms with Crippen molar-refractivity contribution in [2.45, 2.75) is 57.7 Å². The number of ether oxygens (including phenoxy) is 2. The molecule has 2 saturated carbocycles. The molecule has 0 saturated heterocycles. The van der Waals surface area contributed by atoms with Gasteiger partial charge in [-0.15, -0.1) is 0 Å². The molecule has 6 rings (SSSR count). The molecule has 3 atom stereocenters. The van der Waals surface area contributed by atoms with E-state index < -0.39 is 11.6 Å². The molecule has 37 heavy (non-hydrogen) atoms. The van der Waals surface area contributed by atoms with E-state index >= 15 is 0 Å². The summed E-state index contributed by atoms with van der Waals surface area (Å²) in [5.74, 6) is 0.0363. The van der Waals surface area contributed by atoms with Crippen LogP contribution in [0.5, 0.6) is 11.6 Å². The number of nitrogens with zero attached hydrogens (tertiary/aromatic N) is 1. The zero-order chi connectivity index (χ0) is 25.9. The number of rotatable bonds is 9. The molecule has 2 N–H and O–H groups in total. The number of aliphatic carboxylic acids is 1. The van der Waals surface area contributed by atoms with Crippen molar-refractivity contribution in [3.8, 4) is 22.8 Å². The zero-order valence-electron chi connectivity index (χ0n) is 21.0. The van der Waals surface area contributed by atoms with Gasteiger partial charge in [-0.2, -0.15) is 0 Å². The molecule has 0 unspecified atom stereocenters. The Balaban J connectivity index is 1.15. The molecule has 7 heteroatoms. The van der Waals surface area contributed by atoms with Crippen molar-refractivity contribution < 1.29 is 28.9 Å². The van der Waals surface area contributed by atoms with E-state index in [1.54, 1.807) is 12.3 Å². The fraction of sp³-hybridized carbons (Fsp3) is 0.400. The smallest absolute Gasteiger partial charge is 0.307 e. The first-order valence-electron chi connectivity index (χ1n) is 12.8. The van der Waals surface area contributed by atoms with Crippen LogP contribution in [0.3, 0.4) is 0 Å². The molecule has 3 aliphatic carbocycles. The molecule has 0 aliphatic heterocycles. The molecule has 2 fully saturated rings. The van der Waals surface area contributed by atoms with Crippen LogP contribution >= 0.6 is 0 Å². The third kappa shape index (κ3) is 4.57. The Morgan fingerprint density at radius 1 is 1.14 bits per heavy atom. The Morgan fingerprint density at radius 3 is 2.59 bits per heavy atom. The van der Waals surface area contributed by atoms with Gasteiger partial charge in [0.15, 0.2) is 0 Å². The summed E-state index contributed by atoms with van der Waals surface area (Å²) in [6.07, 6.45) is 4.77. The van der Waals surface area contributed by atoms with E-state index in [1.165, 1.54) is 6.07 Å². The van der Waals surface area contributed by atoms with Gasteiger partial charge in [-0.3, -0.25) is 4.79 Å². The van der Waals surface area contributed by atoms with Crippen LogP contribution < -0.4 is 9.47 Å². The molecule has 3 aromatic rings. The molecule has 0 radical (unpaired) electrons. The Morgan fingerprint density at radius 2 is 1.89 bits per heavy atom. The maximum absolute atomic E-state index is 14.7. The standard InChI is InChI=1S/C30H30FNO5/c1-16-9-21(36-8-7-30(35)5-6-30)10-17(2)26(16)18-3-4-24(31)20(11-18)15-37-25-13-19-12-22-27(23(19)14-32-25)28(22)29(33)34/h3-4,9-11,13-14,22,27-28,35H,5-8,12,15H2,1-2H3,(H,33,34)/t22-,27-,28+/m1/s1. The van der Waals surface area contributed by atoms with Gasteiger partial charge in [-0.25, -0.2) is 9.37 Å². The summed E-state index contributed by atoms with van der Waals surface area (Å²) >= 11 is 0. The highest BCUT2D eigenvalue weighted by atomic mass is 19.1. The summed E-state index contributed by atoms with van der Waals surface area (Å²) in [5, 5.41) is 19.3. The van der Waals surface area contributed by atoms with E-state index in [0.717, 1.165) is 58.4 Å². The third-order valence-corrected chi connectivity index (χ3v) is 8.15. The third-order valence-electron chi connectivity index (χ3n) is 8.15. The Kier molecular flexibility index (Phi) is 5.71. The van der Waals surface area contributed by atoms with Crippen LogP contribution in [0, 0.1) is 31.5 Å². The topological polar surface area (TPSA) is 88.9 Å². The van der Waals surface area contributed by atoms with E-state index in [4.69, 9.17) is 9.47 Å². The van der Waals surface area contributed by atoms with Crippen molar-refractivity contribution in [3.63, 3.8) is 0 Å². The molecule has 0 amide bonds. The van der Waals surface area contributed by atoms with Crippen LogP contribution in [0.2, 0.25) is 0 Å². The lowest BCUT2D eigenvalue weighted by molar-refractivity contribution is -0.139. The van der Waals surface area contributed by atoms with E-state index in [2.05, 4.69) is 4.98 Å². The van der Waals surface area contributed by atoms with Crippen molar-refractivity contribution in [1.82, 2.24) is 4.98 Å². The zero-order valence-corrected chi connectivity index (χ0v) is 21.0. The number of aliphatic hydroxyl groups is 1. The number of hydrogen-bond donors (Lipinski definition) is 2. The number of carbonyl (C=O) groups is 1. The molecule has 1 heterocycles. The van der Waals surface area contributed by atoms with Gasteiger partial charge >= 0.3 is 5.97 Å². The van der Waals surface area contributed by atoms with Crippen molar-refractivity contribution in [1.29, 1.82) is 0 Å². The highest BCUT2D eigenvalue weighted by molar-refractivity contribution is 5.77. The number of halogens is 1. The van der Waals surface area contributed by atoms with Crippen LogP contribution in [-0.4, -0.2) is 33.4 Å². The van der Waals surface area contributed by atoms with Gasteiger partial charge in [0.25, 0.3) is 0 Å². The summed E-state index contributed by atoms with van der Waals surface area (Å²) in [6, 6.07) is 10.9. The second kappa shape index (κ2) is 8.84. The first-order valence-corrected chi connectivity index (χ1v) is 12.8. The molecule has 1 aromatic heterocycles. The number of hydrogen-bond acceptors (Lipinski definition) is 5. The highest BCUT2D eigenvalue weighted by Gasteiger charge is 2.59. The summed E-state index contributed by atoms with van der Waals surface area (Å²) in [7, 11) is 0. The number of fused-ring (bicyclic) bond motifs is 3. The maximum atomic E-state index is 14.7. The van der Waals surface area contributed by atoms with Gasteiger partial charge in [0.05, 0.1) is 18.1 Å². The monoisotopic (exact) mass is 503 g/mol. The van der Waals surface area contributed by atoms with Crippen LogP contribution in [0.15, 0.2) is 42.6 Å². The van der Waals surface area contributed by atoms with Gasteiger partial charge in [0.2, 0.25) is 5.88 Å². The van der Waals surface area contributed by atoms with Crippen LogP contribution in [-0.2, 0) is 17.8 Å². The fourth-order valence-corrected chi connectivity index (χ4v) is 5.89. The van der Waals surface area contributed by atoms with Crippen molar-refractivity contribution in [2.24, 2.45) is 11.8 Å². The Hall–Kier alpha value is -3.45. The van der Waals surface area contributed by atoms with Crippen LogP contribution in [0.4, 0.5) is 4.39 Å². The lowest BCUT2D eigenvalue weighted by Gasteiger charge is -2.16. The molecular weight excluding hydrogens is 473 g/mol. The van der Waals surface area contributed by atoms with Gasteiger partial charge in [0.1, 0.15) is 18.2 Å².